The number of halogens is 2. The summed E-state index contributed by atoms with van der Waals surface area (Å²) in [5.74, 6) is -0.000719. The number of amides is 3. The lowest BCUT2D eigenvalue weighted by Gasteiger charge is -2.50. The van der Waals surface area contributed by atoms with E-state index in [0.717, 1.165) is 35.2 Å². The van der Waals surface area contributed by atoms with E-state index in [2.05, 4.69) is 24.3 Å². The zero-order valence-corrected chi connectivity index (χ0v) is 26.4. The average Bonchev–Trinajstić information content (AvgIpc) is 3.03. The van der Waals surface area contributed by atoms with Crippen LogP contribution in [-0.4, -0.2) is 60.3 Å². The Labute approximate surface area is 268 Å². The summed E-state index contributed by atoms with van der Waals surface area (Å²) in [4.78, 5) is 45.9. The number of anilines is 1. The highest BCUT2D eigenvalue weighted by Gasteiger charge is 2.48. The minimum absolute atomic E-state index is 0.00582. The number of aryl methyl sites for hydroxylation is 1. The summed E-state index contributed by atoms with van der Waals surface area (Å²) >= 11 is 12.7. The van der Waals surface area contributed by atoms with Crippen LogP contribution in [-0.2, 0) is 30.3 Å². The Bertz CT molecular complexity index is 1550. The summed E-state index contributed by atoms with van der Waals surface area (Å²) in [6, 6.07) is 23.2. The van der Waals surface area contributed by atoms with Crippen LogP contribution in [0, 0.1) is 6.92 Å². The van der Waals surface area contributed by atoms with Gasteiger partial charge in [-0.05, 0) is 68.0 Å². The molecule has 44 heavy (non-hydrogen) atoms. The van der Waals surface area contributed by atoms with Crippen LogP contribution in [0.3, 0.4) is 0 Å². The minimum Gasteiger partial charge on any atom is -0.359 e. The van der Waals surface area contributed by atoms with Gasteiger partial charge in [-0.3, -0.25) is 14.4 Å². The Morgan fingerprint density at radius 2 is 1.57 bits per heavy atom. The van der Waals surface area contributed by atoms with E-state index in [1.165, 1.54) is 0 Å². The van der Waals surface area contributed by atoms with Gasteiger partial charge in [0, 0.05) is 31.7 Å². The number of morpholine rings is 1. The highest BCUT2D eigenvalue weighted by atomic mass is 35.5. The van der Waals surface area contributed by atoms with Crippen LogP contribution in [0.2, 0.25) is 10.0 Å². The van der Waals surface area contributed by atoms with Crippen molar-refractivity contribution in [3.05, 3.63) is 99.5 Å². The van der Waals surface area contributed by atoms with Crippen molar-refractivity contribution in [1.29, 1.82) is 0 Å². The van der Waals surface area contributed by atoms with Crippen molar-refractivity contribution in [2.45, 2.75) is 56.6 Å². The molecule has 0 radical (unpaired) electrons. The van der Waals surface area contributed by atoms with Crippen LogP contribution in [0.5, 0.6) is 0 Å². The van der Waals surface area contributed by atoms with Gasteiger partial charge in [0.25, 0.3) is 5.91 Å². The van der Waals surface area contributed by atoms with Gasteiger partial charge in [0.2, 0.25) is 11.8 Å². The van der Waals surface area contributed by atoms with E-state index in [9.17, 15) is 14.4 Å². The smallest absolute Gasteiger partial charge is 0.253 e. The molecule has 3 saturated heterocycles. The summed E-state index contributed by atoms with van der Waals surface area (Å²) < 4.78 is 6.38. The van der Waals surface area contributed by atoms with Gasteiger partial charge in [0.15, 0.2) is 0 Å². The fourth-order valence-corrected chi connectivity index (χ4v) is 7.26. The lowest BCUT2D eigenvalue weighted by molar-refractivity contribution is -0.153. The van der Waals surface area contributed by atoms with Gasteiger partial charge in [-0.2, -0.15) is 0 Å². The predicted molar refractivity (Wildman–Crippen MR) is 172 cm³/mol. The van der Waals surface area contributed by atoms with Crippen LogP contribution in [0.25, 0.3) is 0 Å². The number of carbonyl (C=O) groups excluding carboxylic acids is 3. The summed E-state index contributed by atoms with van der Waals surface area (Å²) in [5.41, 5.74) is 2.18. The molecule has 3 amide bonds. The molecule has 3 aromatic rings. The molecule has 3 aromatic carbocycles. The number of hydrogen-bond donors (Lipinski definition) is 0. The first kappa shape index (κ1) is 30.6. The van der Waals surface area contributed by atoms with Crippen LogP contribution < -0.4 is 4.90 Å². The molecule has 0 spiro atoms. The topological polar surface area (TPSA) is 70.2 Å². The normalized spacial score (nSPS) is 24.6. The first-order chi connectivity index (χ1) is 21.2. The van der Waals surface area contributed by atoms with Gasteiger partial charge in [-0.15, -0.1) is 0 Å². The Morgan fingerprint density at radius 3 is 2.27 bits per heavy atom. The monoisotopic (exact) mass is 633 g/mol. The van der Waals surface area contributed by atoms with E-state index in [0.29, 0.717) is 48.9 Å². The Morgan fingerprint density at radius 1 is 0.818 bits per heavy atom. The standard InChI is InChI=1S/C35H37Cl2N3O4/c1-25-10-12-26(13-11-25)34(40-18-6-5-9-31(40)41)16-19-38(32(42)22-34)20-17-35(27-14-15-29(36)30(37)21-27)24-39(33(43)23-44-35)28-7-3-2-4-8-28/h2-4,7-8,10-15,21H,5-6,9,16-20,22-24H2,1H3. The summed E-state index contributed by atoms with van der Waals surface area (Å²) in [6.45, 7) is 3.81. The summed E-state index contributed by atoms with van der Waals surface area (Å²) in [7, 11) is 0. The molecule has 3 heterocycles. The van der Waals surface area contributed by atoms with Gasteiger partial charge in [-0.1, -0.05) is 77.3 Å². The molecule has 0 saturated carbocycles. The number of rotatable bonds is 7. The third-order valence-electron chi connectivity index (χ3n) is 9.51. The molecule has 230 valence electrons. The van der Waals surface area contributed by atoms with Crippen molar-refractivity contribution in [3.63, 3.8) is 0 Å². The number of nitrogens with zero attached hydrogens (tertiary/aromatic N) is 3. The van der Waals surface area contributed by atoms with E-state index in [1.54, 1.807) is 17.0 Å². The van der Waals surface area contributed by atoms with E-state index in [1.807, 2.05) is 53.1 Å². The molecule has 6 rings (SSSR count). The van der Waals surface area contributed by atoms with Crippen molar-refractivity contribution < 1.29 is 19.1 Å². The van der Waals surface area contributed by atoms with Crippen molar-refractivity contribution in [3.8, 4) is 0 Å². The zero-order valence-electron chi connectivity index (χ0n) is 24.9. The number of benzene rings is 3. The van der Waals surface area contributed by atoms with Gasteiger partial charge in [0.1, 0.15) is 12.2 Å². The molecule has 2 unspecified atom stereocenters. The predicted octanol–water partition coefficient (Wildman–Crippen LogP) is 6.48. The minimum atomic E-state index is -0.910. The van der Waals surface area contributed by atoms with Crippen molar-refractivity contribution >= 4 is 46.6 Å². The molecule has 9 heteroatoms. The maximum atomic E-state index is 14.0. The van der Waals surface area contributed by atoms with Gasteiger partial charge < -0.3 is 19.4 Å². The van der Waals surface area contributed by atoms with Crippen LogP contribution in [0.4, 0.5) is 5.69 Å². The first-order valence-electron chi connectivity index (χ1n) is 15.3. The van der Waals surface area contributed by atoms with E-state index >= 15 is 0 Å². The fourth-order valence-electron chi connectivity index (χ4n) is 6.96. The maximum Gasteiger partial charge on any atom is 0.253 e. The number of ether oxygens (including phenoxy) is 1. The fraction of sp³-hybridized carbons (Fsp3) is 0.400. The van der Waals surface area contributed by atoms with Crippen molar-refractivity contribution in [2.24, 2.45) is 0 Å². The SMILES string of the molecule is Cc1ccc(C2(N3CCCCC3=O)CCN(CCC3(c4ccc(Cl)c(Cl)c4)CN(c4ccccc4)C(=O)CO3)C(=O)C2)cc1. The average molecular weight is 635 g/mol. The highest BCUT2D eigenvalue weighted by molar-refractivity contribution is 6.42. The van der Waals surface area contributed by atoms with Crippen LogP contribution in [0.15, 0.2) is 72.8 Å². The highest BCUT2D eigenvalue weighted by Crippen LogP contribution is 2.43. The van der Waals surface area contributed by atoms with Crippen molar-refractivity contribution in [1.82, 2.24) is 9.80 Å². The molecular formula is C35H37Cl2N3O4. The van der Waals surface area contributed by atoms with E-state index in [4.69, 9.17) is 27.9 Å². The second-order valence-corrected chi connectivity index (χ2v) is 13.0. The molecule has 0 aliphatic carbocycles. The quantitative estimate of drug-likeness (QED) is 0.299. The largest absolute Gasteiger partial charge is 0.359 e. The maximum absolute atomic E-state index is 14.0. The molecule has 3 aliphatic heterocycles. The number of piperidine rings is 2. The molecule has 3 aliphatic rings. The molecule has 2 atom stereocenters. The molecular weight excluding hydrogens is 597 g/mol. The number of para-hydroxylation sites is 1. The second kappa shape index (κ2) is 12.5. The van der Waals surface area contributed by atoms with Crippen LogP contribution >= 0.6 is 23.2 Å². The lowest BCUT2D eigenvalue weighted by Crippen LogP contribution is -2.59. The third-order valence-corrected chi connectivity index (χ3v) is 10.2. The van der Waals surface area contributed by atoms with Crippen molar-refractivity contribution in [2.75, 3.05) is 37.7 Å². The van der Waals surface area contributed by atoms with E-state index < -0.39 is 11.1 Å². The lowest BCUT2D eigenvalue weighted by atomic mass is 9.77. The summed E-state index contributed by atoms with van der Waals surface area (Å²) in [5, 5.41) is 0.835. The van der Waals surface area contributed by atoms with Crippen LogP contribution in [0.1, 0.15) is 55.2 Å². The molecule has 0 bridgehead atoms. The molecule has 0 N–H and O–H groups in total. The zero-order chi connectivity index (χ0) is 30.9. The molecule has 7 nitrogen and oxygen atoms in total. The molecule has 3 fully saturated rings. The van der Waals surface area contributed by atoms with E-state index in [-0.39, 0.29) is 37.3 Å². The molecule has 0 aromatic heterocycles. The van der Waals surface area contributed by atoms with Gasteiger partial charge >= 0.3 is 0 Å². The summed E-state index contributed by atoms with van der Waals surface area (Å²) in [6.07, 6.45) is 3.69. The van der Waals surface area contributed by atoms with Gasteiger partial charge in [-0.25, -0.2) is 0 Å². The van der Waals surface area contributed by atoms with Gasteiger partial charge in [0.05, 0.1) is 28.5 Å². The third kappa shape index (κ3) is 5.85. The first-order valence-corrected chi connectivity index (χ1v) is 16.1. The number of likely N-dealkylation sites (tertiary alicyclic amines) is 2. The second-order valence-electron chi connectivity index (χ2n) is 12.2. The number of carbonyl (C=O) groups is 3. The Balaban J connectivity index is 1.27. The number of hydrogen-bond acceptors (Lipinski definition) is 4. The Hall–Kier alpha value is -3.39. The Kier molecular flexibility index (Phi) is 8.73.